The monoisotopic (exact) mass is 428 g/mol. The minimum atomic E-state index is -1.03. The highest BCUT2D eigenvalue weighted by Gasteiger charge is 2.16. The second kappa shape index (κ2) is 9.22. The van der Waals surface area contributed by atoms with E-state index in [-0.39, 0.29) is 11.6 Å². The van der Waals surface area contributed by atoms with Crippen LogP contribution < -0.4 is 4.74 Å². The Morgan fingerprint density at radius 2 is 2.00 bits per heavy atom. The van der Waals surface area contributed by atoms with E-state index in [1.165, 1.54) is 17.9 Å². The van der Waals surface area contributed by atoms with E-state index in [4.69, 9.17) is 9.84 Å². The van der Waals surface area contributed by atoms with Gasteiger partial charge in [-0.2, -0.15) is 5.10 Å². The molecule has 0 aliphatic heterocycles. The third-order valence-electron chi connectivity index (χ3n) is 4.79. The fourth-order valence-electron chi connectivity index (χ4n) is 3.15. The first-order chi connectivity index (χ1) is 15.5. The van der Waals surface area contributed by atoms with Crippen molar-refractivity contribution < 1.29 is 19.4 Å². The zero-order chi connectivity index (χ0) is 22.5. The van der Waals surface area contributed by atoms with Gasteiger partial charge >= 0.3 is 5.97 Å². The highest BCUT2D eigenvalue weighted by molar-refractivity contribution is 6.08. The number of carboxylic acid groups (broad SMARTS) is 1. The number of benzene rings is 2. The number of aromatic nitrogens is 4. The number of rotatable bonds is 8. The van der Waals surface area contributed by atoms with Crippen LogP contribution in [-0.2, 0) is 11.3 Å². The number of nitrogens with zero attached hydrogens (tertiary/aromatic N) is 4. The Morgan fingerprint density at radius 3 is 2.84 bits per heavy atom. The normalized spacial score (nSPS) is 12.2. The molecule has 2 heterocycles. The van der Waals surface area contributed by atoms with E-state index in [0.717, 1.165) is 16.5 Å². The Balaban J connectivity index is 1.48. The first kappa shape index (κ1) is 20.9. The molecule has 0 saturated heterocycles. The number of fused-ring (bicyclic) bond motifs is 1. The zero-order valence-corrected chi connectivity index (χ0v) is 17.3. The van der Waals surface area contributed by atoms with Gasteiger partial charge in [-0.1, -0.05) is 30.4 Å². The van der Waals surface area contributed by atoms with Crippen molar-refractivity contribution in [3.05, 3.63) is 90.1 Å². The molecule has 0 spiro atoms. The molecule has 8 heteroatoms. The van der Waals surface area contributed by atoms with Crippen molar-refractivity contribution in [3.8, 4) is 5.75 Å². The second-order valence-electron chi connectivity index (χ2n) is 7.08. The lowest BCUT2D eigenvalue weighted by Gasteiger charge is -2.10. The summed E-state index contributed by atoms with van der Waals surface area (Å²) >= 11 is 0. The van der Waals surface area contributed by atoms with Crippen LogP contribution in [0.5, 0.6) is 5.75 Å². The van der Waals surface area contributed by atoms with Crippen LogP contribution in [0, 0.1) is 0 Å². The lowest BCUT2D eigenvalue weighted by Crippen LogP contribution is -2.22. The standard InChI is InChI=1S/C24H20N4O4/c1-16(24(30)31)32-20-8-2-5-17(13-20)6-4-12-28-23(26-15-27-28)22(29)19-9-10-21-18(14-19)7-3-11-25-21/h2-11,13-16H,12H2,1H3,(H,30,31)/b6-4+/t16-/m0/s1. The second-order valence-corrected chi connectivity index (χ2v) is 7.08. The van der Waals surface area contributed by atoms with Crippen molar-refractivity contribution >= 4 is 28.7 Å². The minimum Gasteiger partial charge on any atom is -0.479 e. The average molecular weight is 428 g/mol. The maximum absolute atomic E-state index is 13.0. The molecule has 0 radical (unpaired) electrons. The molecule has 160 valence electrons. The van der Waals surface area contributed by atoms with Gasteiger partial charge in [-0.05, 0) is 48.9 Å². The summed E-state index contributed by atoms with van der Waals surface area (Å²) in [5.41, 5.74) is 2.16. The summed E-state index contributed by atoms with van der Waals surface area (Å²) in [6, 6.07) is 16.2. The number of aliphatic carboxylic acids is 1. The third-order valence-corrected chi connectivity index (χ3v) is 4.79. The first-order valence-electron chi connectivity index (χ1n) is 9.94. The van der Waals surface area contributed by atoms with E-state index in [2.05, 4.69) is 15.1 Å². The van der Waals surface area contributed by atoms with Gasteiger partial charge in [0.2, 0.25) is 5.78 Å². The third kappa shape index (κ3) is 4.70. The smallest absolute Gasteiger partial charge is 0.344 e. The van der Waals surface area contributed by atoms with Gasteiger partial charge in [0.25, 0.3) is 0 Å². The minimum absolute atomic E-state index is 0.222. The molecule has 8 nitrogen and oxygen atoms in total. The van der Waals surface area contributed by atoms with Crippen molar-refractivity contribution in [2.45, 2.75) is 19.6 Å². The number of carbonyl (C=O) groups is 2. The highest BCUT2D eigenvalue weighted by atomic mass is 16.5. The van der Waals surface area contributed by atoms with Crippen molar-refractivity contribution in [3.63, 3.8) is 0 Å². The van der Waals surface area contributed by atoms with Gasteiger partial charge in [0, 0.05) is 17.1 Å². The van der Waals surface area contributed by atoms with Crippen LogP contribution in [0.15, 0.2) is 73.2 Å². The number of ketones is 1. The predicted octanol–water partition coefficient (Wildman–Crippen LogP) is 3.62. The predicted molar refractivity (Wildman–Crippen MR) is 118 cm³/mol. The van der Waals surface area contributed by atoms with Gasteiger partial charge < -0.3 is 9.84 Å². The van der Waals surface area contributed by atoms with E-state index in [0.29, 0.717) is 17.9 Å². The van der Waals surface area contributed by atoms with Crippen LogP contribution in [0.4, 0.5) is 0 Å². The lowest BCUT2D eigenvalue weighted by molar-refractivity contribution is -0.144. The fourth-order valence-corrected chi connectivity index (χ4v) is 3.15. The summed E-state index contributed by atoms with van der Waals surface area (Å²) in [5.74, 6) is -0.550. The van der Waals surface area contributed by atoms with Crippen LogP contribution >= 0.6 is 0 Å². The molecule has 0 aliphatic rings. The number of carbonyl (C=O) groups excluding carboxylic acids is 1. The summed E-state index contributed by atoms with van der Waals surface area (Å²) < 4.78 is 6.92. The lowest BCUT2D eigenvalue weighted by atomic mass is 10.1. The number of carboxylic acids is 1. The van der Waals surface area contributed by atoms with Crippen molar-refractivity contribution in [2.24, 2.45) is 0 Å². The molecule has 1 N–H and O–H groups in total. The fraction of sp³-hybridized carbons (Fsp3) is 0.125. The topological polar surface area (TPSA) is 107 Å². The van der Waals surface area contributed by atoms with Gasteiger partial charge in [-0.25, -0.2) is 14.5 Å². The number of hydrogen-bond acceptors (Lipinski definition) is 6. The van der Waals surface area contributed by atoms with Crippen LogP contribution in [0.1, 0.15) is 28.7 Å². The number of pyridine rings is 1. The summed E-state index contributed by atoms with van der Waals surface area (Å²) in [4.78, 5) is 32.3. The van der Waals surface area contributed by atoms with E-state index in [1.54, 1.807) is 36.5 Å². The maximum Gasteiger partial charge on any atom is 0.344 e. The molecular weight excluding hydrogens is 408 g/mol. The van der Waals surface area contributed by atoms with E-state index in [1.807, 2.05) is 36.4 Å². The van der Waals surface area contributed by atoms with Crippen LogP contribution in [0.2, 0.25) is 0 Å². The Bertz CT molecular complexity index is 1310. The van der Waals surface area contributed by atoms with Crippen molar-refractivity contribution in [2.75, 3.05) is 0 Å². The van der Waals surface area contributed by atoms with Gasteiger partial charge in [-0.15, -0.1) is 0 Å². The molecule has 4 aromatic rings. The van der Waals surface area contributed by atoms with Crippen molar-refractivity contribution in [1.82, 2.24) is 19.7 Å². The summed E-state index contributed by atoms with van der Waals surface area (Å²) in [6.45, 7) is 1.81. The van der Waals surface area contributed by atoms with Gasteiger partial charge in [0.05, 0.1) is 12.1 Å². The molecule has 0 amide bonds. The molecule has 32 heavy (non-hydrogen) atoms. The van der Waals surface area contributed by atoms with E-state index < -0.39 is 12.1 Å². The SMILES string of the molecule is C[C@H](Oc1cccc(/C=C/Cn2ncnc2C(=O)c2ccc3ncccc3c2)c1)C(=O)O. The van der Waals surface area contributed by atoms with Crippen molar-refractivity contribution in [1.29, 1.82) is 0 Å². The van der Waals surface area contributed by atoms with Crippen LogP contribution in [0.25, 0.3) is 17.0 Å². The van der Waals surface area contributed by atoms with Crippen LogP contribution in [0.3, 0.4) is 0 Å². The summed E-state index contributed by atoms with van der Waals surface area (Å²) in [5, 5.41) is 14.0. The molecule has 4 rings (SSSR count). The average Bonchev–Trinajstić information content (AvgIpc) is 3.27. The van der Waals surface area contributed by atoms with Crippen LogP contribution in [-0.4, -0.2) is 42.7 Å². The largest absolute Gasteiger partial charge is 0.479 e. The van der Waals surface area contributed by atoms with Gasteiger partial charge in [-0.3, -0.25) is 9.78 Å². The Kier molecular flexibility index (Phi) is 6.03. The molecule has 0 saturated carbocycles. The summed E-state index contributed by atoms with van der Waals surface area (Å²) in [6.07, 6.45) is 5.81. The number of hydrogen-bond donors (Lipinski definition) is 1. The van der Waals surface area contributed by atoms with E-state index in [9.17, 15) is 9.59 Å². The Labute approximate surface area is 183 Å². The Hall–Kier alpha value is -4.33. The molecule has 2 aromatic heterocycles. The zero-order valence-electron chi connectivity index (χ0n) is 17.3. The van der Waals surface area contributed by atoms with Gasteiger partial charge in [0.15, 0.2) is 11.9 Å². The summed E-state index contributed by atoms with van der Waals surface area (Å²) in [7, 11) is 0. The van der Waals surface area contributed by atoms with E-state index >= 15 is 0 Å². The number of ether oxygens (including phenoxy) is 1. The first-order valence-corrected chi connectivity index (χ1v) is 9.94. The molecule has 0 bridgehead atoms. The quantitative estimate of drug-likeness (QED) is 0.427. The highest BCUT2D eigenvalue weighted by Crippen LogP contribution is 2.17. The number of allylic oxidation sites excluding steroid dienone is 1. The molecule has 1 atom stereocenters. The Morgan fingerprint density at radius 1 is 1.12 bits per heavy atom. The molecular formula is C24H20N4O4. The molecule has 0 aliphatic carbocycles. The molecule has 2 aromatic carbocycles. The van der Waals surface area contributed by atoms with Gasteiger partial charge in [0.1, 0.15) is 12.1 Å². The maximum atomic E-state index is 13.0. The molecule has 0 unspecified atom stereocenters. The molecule has 0 fully saturated rings.